The van der Waals surface area contributed by atoms with Crippen molar-refractivity contribution in [3.05, 3.63) is 16.5 Å². The van der Waals surface area contributed by atoms with E-state index in [4.69, 9.17) is 10.5 Å². The fraction of sp³-hybridized carbons (Fsp3) is 0.429. The Morgan fingerprint density at radius 3 is 2.80 bits per heavy atom. The van der Waals surface area contributed by atoms with Gasteiger partial charge in [-0.25, -0.2) is 4.98 Å². The molecule has 20 heavy (non-hydrogen) atoms. The van der Waals surface area contributed by atoms with Crippen molar-refractivity contribution < 1.29 is 9.53 Å². The summed E-state index contributed by atoms with van der Waals surface area (Å²) in [6.07, 6.45) is 0. The van der Waals surface area contributed by atoms with E-state index in [1.54, 1.807) is 6.92 Å². The first-order valence-electron chi connectivity index (χ1n) is 6.61. The normalized spacial score (nSPS) is 15.8. The number of nitrogens with two attached hydrogens (primary N) is 1. The van der Waals surface area contributed by atoms with Crippen molar-refractivity contribution in [1.29, 1.82) is 0 Å². The average Bonchev–Trinajstić information content (AvgIpc) is 2.77. The molecule has 5 nitrogen and oxygen atoms in total. The second-order valence-electron chi connectivity index (χ2n) is 4.98. The van der Waals surface area contributed by atoms with Crippen LogP contribution in [0.1, 0.15) is 22.2 Å². The molecule has 0 bridgehead atoms. The van der Waals surface area contributed by atoms with E-state index >= 15 is 0 Å². The summed E-state index contributed by atoms with van der Waals surface area (Å²) in [5.74, 6) is 0.937. The third-order valence-corrected chi connectivity index (χ3v) is 4.74. The molecule has 0 aliphatic carbocycles. The van der Waals surface area contributed by atoms with Gasteiger partial charge in [0, 0.05) is 25.4 Å². The first-order chi connectivity index (χ1) is 9.58. The molecule has 106 valence electrons. The van der Waals surface area contributed by atoms with Gasteiger partial charge in [-0.15, -0.1) is 11.3 Å². The van der Waals surface area contributed by atoms with Gasteiger partial charge in [0.05, 0.1) is 23.8 Å². The molecule has 0 unspecified atom stereocenters. The monoisotopic (exact) mass is 291 g/mol. The van der Waals surface area contributed by atoms with Gasteiger partial charge in [0.25, 0.3) is 0 Å². The zero-order valence-corrected chi connectivity index (χ0v) is 12.4. The first-order valence-corrected chi connectivity index (χ1v) is 7.43. The van der Waals surface area contributed by atoms with Crippen molar-refractivity contribution in [1.82, 2.24) is 4.98 Å². The molecule has 0 atom stereocenters. The predicted molar refractivity (Wildman–Crippen MR) is 81.8 cm³/mol. The molecule has 6 heteroatoms. The lowest BCUT2D eigenvalue weighted by molar-refractivity contribution is 0.102. The van der Waals surface area contributed by atoms with Crippen molar-refractivity contribution in [2.45, 2.75) is 13.8 Å². The van der Waals surface area contributed by atoms with Gasteiger partial charge in [0.2, 0.25) is 0 Å². The van der Waals surface area contributed by atoms with Gasteiger partial charge < -0.3 is 15.4 Å². The number of carbonyl (C=O) groups is 1. The van der Waals surface area contributed by atoms with Crippen LogP contribution in [0.25, 0.3) is 10.2 Å². The minimum atomic E-state index is -0.00202. The topological polar surface area (TPSA) is 68.5 Å². The zero-order chi connectivity index (χ0) is 14.3. The smallest absolute Gasteiger partial charge is 0.171 e. The third-order valence-electron chi connectivity index (χ3n) is 3.54. The number of hydrogen-bond donors (Lipinski definition) is 1. The van der Waals surface area contributed by atoms with Gasteiger partial charge in [-0.1, -0.05) is 0 Å². The Morgan fingerprint density at radius 1 is 1.45 bits per heavy atom. The number of rotatable bonds is 2. The fourth-order valence-corrected chi connectivity index (χ4v) is 3.57. The summed E-state index contributed by atoms with van der Waals surface area (Å²) < 4.78 is 5.36. The SMILES string of the molecule is CC(=O)c1sc2nc(N3CCOCC3)cc(C)c2c1N. The van der Waals surface area contributed by atoms with Crippen LogP contribution in [0.4, 0.5) is 11.5 Å². The van der Waals surface area contributed by atoms with Gasteiger partial charge in [0.1, 0.15) is 10.6 Å². The number of pyridine rings is 1. The molecule has 1 aliphatic rings. The number of anilines is 2. The van der Waals surface area contributed by atoms with Crippen LogP contribution in [0.5, 0.6) is 0 Å². The van der Waals surface area contributed by atoms with Crippen LogP contribution in [0.3, 0.4) is 0 Å². The molecule has 2 N–H and O–H groups in total. The number of ether oxygens (including phenoxy) is 1. The molecule has 0 spiro atoms. The van der Waals surface area contributed by atoms with E-state index in [0.29, 0.717) is 10.6 Å². The van der Waals surface area contributed by atoms with E-state index in [1.807, 2.05) is 13.0 Å². The second kappa shape index (κ2) is 5.03. The third kappa shape index (κ3) is 2.14. The lowest BCUT2D eigenvalue weighted by Crippen LogP contribution is -2.36. The highest BCUT2D eigenvalue weighted by Gasteiger charge is 2.19. The molecule has 2 aromatic heterocycles. The summed E-state index contributed by atoms with van der Waals surface area (Å²) in [5, 5.41) is 0.914. The second-order valence-corrected chi connectivity index (χ2v) is 5.98. The summed E-state index contributed by atoms with van der Waals surface area (Å²) in [6.45, 7) is 6.70. The van der Waals surface area contributed by atoms with Crippen LogP contribution in [-0.4, -0.2) is 37.1 Å². The number of nitrogens with zero attached hydrogens (tertiary/aromatic N) is 2. The first kappa shape index (κ1) is 13.3. The quantitative estimate of drug-likeness (QED) is 0.859. The van der Waals surface area contributed by atoms with Gasteiger partial charge in [-0.05, 0) is 18.6 Å². The Kier molecular flexibility index (Phi) is 3.35. The largest absolute Gasteiger partial charge is 0.397 e. The summed E-state index contributed by atoms with van der Waals surface area (Å²) in [4.78, 5) is 19.9. The number of ketones is 1. The molecule has 2 aromatic rings. The Morgan fingerprint density at radius 2 is 2.15 bits per heavy atom. The maximum atomic E-state index is 11.6. The van der Waals surface area contributed by atoms with Crippen LogP contribution in [0.2, 0.25) is 0 Å². The minimum Gasteiger partial charge on any atom is -0.397 e. The van der Waals surface area contributed by atoms with Gasteiger partial charge in [-0.3, -0.25) is 4.79 Å². The summed E-state index contributed by atoms with van der Waals surface area (Å²) in [5.41, 5.74) is 7.72. The van der Waals surface area contributed by atoms with Gasteiger partial charge >= 0.3 is 0 Å². The molecule has 1 aliphatic heterocycles. The molecule has 0 amide bonds. The summed E-state index contributed by atoms with van der Waals surface area (Å²) in [7, 11) is 0. The lowest BCUT2D eigenvalue weighted by atomic mass is 10.1. The minimum absolute atomic E-state index is 0.00202. The van der Waals surface area contributed by atoms with E-state index in [1.165, 1.54) is 11.3 Å². The zero-order valence-electron chi connectivity index (χ0n) is 11.6. The molecule has 0 radical (unpaired) electrons. The van der Waals surface area contributed by atoms with E-state index in [-0.39, 0.29) is 5.78 Å². The highest BCUT2D eigenvalue weighted by molar-refractivity contribution is 7.21. The van der Waals surface area contributed by atoms with Crippen molar-refractivity contribution >= 4 is 38.8 Å². The van der Waals surface area contributed by atoms with E-state index in [2.05, 4.69) is 9.88 Å². The summed E-state index contributed by atoms with van der Waals surface area (Å²) >= 11 is 1.38. The fourth-order valence-electron chi connectivity index (χ4n) is 2.51. The molecular formula is C14H17N3O2S. The van der Waals surface area contributed by atoms with Crippen LogP contribution in [0.15, 0.2) is 6.07 Å². The van der Waals surface area contributed by atoms with E-state index in [0.717, 1.165) is 47.9 Å². The number of nitrogen functional groups attached to an aromatic ring is 1. The number of morpholine rings is 1. The number of aryl methyl sites for hydroxylation is 1. The lowest BCUT2D eigenvalue weighted by Gasteiger charge is -2.28. The molecule has 0 saturated carbocycles. The number of fused-ring (bicyclic) bond motifs is 1. The Balaban J connectivity index is 2.11. The molecule has 1 fully saturated rings. The average molecular weight is 291 g/mol. The van der Waals surface area contributed by atoms with Gasteiger partial charge in [-0.2, -0.15) is 0 Å². The van der Waals surface area contributed by atoms with E-state index in [9.17, 15) is 4.79 Å². The van der Waals surface area contributed by atoms with Crippen LogP contribution >= 0.6 is 11.3 Å². The number of thiophene rings is 1. The standard InChI is InChI=1S/C14H17N3O2S/c1-8-7-10(17-3-5-19-6-4-17)16-14-11(8)12(15)13(20-14)9(2)18/h7H,3-6,15H2,1-2H3. The molecular weight excluding hydrogens is 274 g/mol. The predicted octanol–water partition coefficient (Wildman–Crippen LogP) is 2.23. The Bertz CT molecular complexity index is 675. The number of aromatic nitrogens is 1. The number of carbonyl (C=O) groups excluding carboxylic acids is 1. The Hall–Kier alpha value is -1.66. The number of Topliss-reactive ketones (excluding diaryl/α,β-unsaturated/α-hetero) is 1. The summed E-state index contributed by atoms with van der Waals surface area (Å²) in [6, 6.07) is 2.04. The molecule has 1 saturated heterocycles. The van der Waals surface area contributed by atoms with Crippen LogP contribution < -0.4 is 10.6 Å². The van der Waals surface area contributed by atoms with Crippen molar-refractivity contribution in [3.63, 3.8) is 0 Å². The van der Waals surface area contributed by atoms with E-state index < -0.39 is 0 Å². The Labute approximate surface area is 121 Å². The van der Waals surface area contributed by atoms with Crippen molar-refractivity contribution in [2.24, 2.45) is 0 Å². The number of hydrogen-bond acceptors (Lipinski definition) is 6. The molecule has 3 rings (SSSR count). The van der Waals surface area contributed by atoms with Crippen molar-refractivity contribution in [3.8, 4) is 0 Å². The maximum absolute atomic E-state index is 11.6. The van der Waals surface area contributed by atoms with Crippen LogP contribution in [-0.2, 0) is 4.74 Å². The molecule has 0 aromatic carbocycles. The van der Waals surface area contributed by atoms with Gasteiger partial charge in [0.15, 0.2) is 5.78 Å². The maximum Gasteiger partial charge on any atom is 0.171 e. The highest BCUT2D eigenvalue weighted by Crippen LogP contribution is 2.36. The molecule has 3 heterocycles. The van der Waals surface area contributed by atoms with Crippen LogP contribution in [0, 0.1) is 6.92 Å². The highest BCUT2D eigenvalue weighted by atomic mass is 32.1. The van der Waals surface area contributed by atoms with Crippen molar-refractivity contribution in [2.75, 3.05) is 36.9 Å².